The molecule has 1 aromatic carbocycles. The van der Waals surface area contributed by atoms with E-state index in [1.807, 2.05) is 35.4 Å². The number of hydrogen-bond donors (Lipinski definition) is 0. The fourth-order valence-corrected chi connectivity index (χ4v) is 4.37. The van der Waals surface area contributed by atoms with Crippen molar-refractivity contribution in [1.29, 1.82) is 0 Å². The van der Waals surface area contributed by atoms with E-state index >= 15 is 0 Å². The number of aryl methyl sites for hydroxylation is 2. The van der Waals surface area contributed by atoms with Crippen LogP contribution in [0.1, 0.15) is 44.9 Å². The molecule has 1 atom stereocenters. The van der Waals surface area contributed by atoms with Gasteiger partial charge in [0.1, 0.15) is 5.69 Å². The monoisotopic (exact) mass is 366 g/mol. The molecule has 1 aliphatic heterocycles. The Labute approximate surface area is 157 Å². The molecular formula is C20H22N4OS. The normalized spacial score (nSPS) is 17.0. The lowest BCUT2D eigenvalue weighted by Gasteiger charge is -2.16. The van der Waals surface area contributed by atoms with Crippen molar-refractivity contribution in [3.63, 3.8) is 0 Å². The fraction of sp³-hybridized carbons (Fsp3) is 0.350. The van der Waals surface area contributed by atoms with Gasteiger partial charge in [0.15, 0.2) is 0 Å². The van der Waals surface area contributed by atoms with Crippen molar-refractivity contribution in [2.45, 2.75) is 32.7 Å². The summed E-state index contributed by atoms with van der Waals surface area (Å²) in [6, 6.07) is 12.6. The summed E-state index contributed by atoms with van der Waals surface area (Å²) in [5, 5.41) is 7.44. The van der Waals surface area contributed by atoms with Gasteiger partial charge in [-0.2, -0.15) is 5.10 Å². The third kappa shape index (κ3) is 3.42. The molecule has 1 saturated heterocycles. The van der Waals surface area contributed by atoms with E-state index in [9.17, 15) is 4.79 Å². The lowest BCUT2D eigenvalue weighted by atomic mass is 10.2. The Kier molecular flexibility index (Phi) is 4.59. The summed E-state index contributed by atoms with van der Waals surface area (Å²) < 4.78 is 2.06. The van der Waals surface area contributed by atoms with E-state index in [4.69, 9.17) is 0 Å². The van der Waals surface area contributed by atoms with Gasteiger partial charge in [-0.15, -0.1) is 11.3 Å². The van der Waals surface area contributed by atoms with Gasteiger partial charge < -0.3 is 4.90 Å². The Balaban J connectivity index is 1.43. The highest BCUT2D eigenvalue weighted by Crippen LogP contribution is 2.25. The zero-order valence-electron chi connectivity index (χ0n) is 15.1. The topological polar surface area (TPSA) is 51.0 Å². The molecule has 6 heteroatoms. The number of amides is 1. The predicted molar refractivity (Wildman–Crippen MR) is 103 cm³/mol. The molecule has 2 aromatic heterocycles. The molecule has 3 heterocycles. The number of likely N-dealkylation sites (tertiary alicyclic amines) is 1. The second-order valence-corrected chi connectivity index (χ2v) is 7.80. The van der Waals surface area contributed by atoms with Crippen LogP contribution in [0.5, 0.6) is 0 Å². The maximum atomic E-state index is 12.8. The lowest BCUT2D eigenvalue weighted by molar-refractivity contribution is 0.0781. The van der Waals surface area contributed by atoms with Crippen LogP contribution in [0.2, 0.25) is 0 Å². The standard InChI is InChI=1S/C20H22N4OS/c1-14-10-15(2)24(22-14)17-8-9-23(12-17)20(25)18-13-26-19(21-18)11-16-6-4-3-5-7-16/h3-7,10,13,17H,8-9,11-12H2,1-2H3/t17-/m0/s1. The van der Waals surface area contributed by atoms with Crippen LogP contribution in [-0.4, -0.2) is 38.7 Å². The van der Waals surface area contributed by atoms with E-state index in [2.05, 4.69) is 39.9 Å². The first-order valence-electron chi connectivity index (χ1n) is 8.90. The number of nitrogens with zero attached hydrogens (tertiary/aromatic N) is 4. The third-order valence-corrected chi connectivity index (χ3v) is 5.66. The van der Waals surface area contributed by atoms with E-state index in [1.54, 1.807) is 11.3 Å². The molecule has 1 aliphatic rings. The van der Waals surface area contributed by atoms with Gasteiger partial charge in [0.25, 0.3) is 5.91 Å². The van der Waals surface area contributed by atoms with Gasteiger partial charge in [-0.1, -0.05) is 30.3 Å². The number of rotatable bonds is 4. The zero-order valence-corrected chi connectivity index (χ0v) is 15.9. The molecule has 0 bridgehead atoms. The number of hydrogen-bond acceptors (Lipinski definition) is 4. The molecule has 3 aromatic rings. The first-order valence-corrected chi connectivity index (χ1v) is 9.78. The Morgan fingerprint density at radius 2 is 2.08 bits per heavy atom. The van der Waals surface area contributed by atoms with Crippen molar-refractivity contribution in [3.05, 3.63) is 69.4 Å². The summed E-state index contributed by atoms with van der Waals surface area (Å²) in [6.45, 7) is 5.53. The molecule has 5 nitrogen and oxygen atoms in total. The van der Waals surface area contributed by atoms with Crippen LogP contribution in [-0.2, 0) is 6.42 Å². The SMILES string of the molecule is Cc1cc(C)n([C@H]2CCN(C(=O)c3csc(Cc4ccccc4)n3)C2)n1. The van der Waals surface area contributed by atoms with Gasteiger partial charge in [0, 0.05) is 30.6 Å². The van der Waals surface area contributed by atoms with Crippen LogP contribution >= 0.6 is 11.3 Å². The number of thiazole rings is 1. The van der Waals surface area contributed by atoms with Crippen LogP contribution in [0.25, 0.3) is 0 Å². The number of aromatic nitrogens is 3. The summed E-state index contributed by atoms with van der Waals surface area (Å²) >= 11 is 1.56. The van der Waals surface area contributed by atoms with Crippen molar-refractivity contribution in [3.8, 4) is 0 Å². The smallest absolute Gasteiger partial charge is 0.273 e. The molecule has 134 valence electrons. The summed E-state index contributed by atoms with van der Waals surface area (Å²) in [5.41, 5.74) is 3.96. The minimum absolute atomic E-state index is 0.0320. The Morgan fingerprint density at radius 3 is 2.81 bits per heavy atom. The van der Waals surface area contributed by atoms with E-state index in [-0.39, 0.29) is 11.9 Å². The van der Waals surface area contributed by atoms with Gasteiger partial charge in [0.2, 0.25) is 0 Å². The first kappa shape index (κ1) is 17.0. The van der Waals surface area contributed by atoms with E-state index in [0.717, 1.165) is 35.8 Å². The Bertz CT molecular complexity index is 915. The molecular weight excluding hydrogens is 344 g/mol. The van der Waals surface area contributed by atoms with Crippen LogP contribution in [0.4, 0.5) is 0 Å². The molecule has 4 rings (SSSR count). The van der Waals surface area contributed by atoms with Crippen LogP contribution < -0.4 is 0 Å². The minimum Gasteiger partial charge on any atom is -0.335 e. The fourth-order valence-electron chi connectivity index (χ4n) is 3.56. The van der Waals surface area contributed by atoms with E-state index < -0.39 is 0 Å². The van der Waals surface area contributed by atoms with Gasteiger partial charge in [-0.25, -0.2) is 4.98 Å². The molecule has 26 heavy (non-hydrogen) atoms. The van der Waals surface area contributed by atoms with E-state index in [1.165, 1.54) is 5.56 Å². The minimum atomic E-state index is 0.0320. The van der Waals surface area contributed by atoms with Gasteiger partial charge >= 0.3 is 0 Å². The third-order valence-electron chi connectivity index (χ3n) is 4.81. The van der Waals surface area contributed by atoms with Crippen LogP contribution in [0.3, 0.4) is 0 Å². The predicted octanol–water partition coefficient (Wildman–Crippen LogP) is 3.63. The summed E-state index contributed by atoms with van der Waals surface area (Å²) in [5.74, 6) is 0.0320. The molecule has 0 saturated carbocycles. The van der Waals surface area contributed by atoms with Crippen molar-refractivity contribution in [1.82, 2.24) is 19.7 Å². The number of carbonyl (C=O) groups excluding carboxylic acids is 1. The summed E-state index contributed by atoms with van der Waals surface area (Å²) in [4.78, 5) is 19.3. The molecule has 0 unspecified atom stereocenters. The van der Waals surface area contributed by atoms with Gasteiger partial charge in [0.05, 0.1) is 16.7 Å². The second-order valence-electron chi connectivity index (χ2n) is 6.85. The van der Waals surface area contributed by atoms with Crippen molar-refractivity contribution >= 4 is 17.2 Å². The number of benzene rings is 1. The second kappa shape index (κ2) is 7.03. The van der Waals surface area contributed by atoms with Crippen LogP contribution in [0.15, 0.2) is 41.8 Å². The molecule has 1 amide bonds. The highest BCUT2D eigenvalue weighted by molar-refractivity contribution is 7.09. The largest absolute Gasteiger partial charge is 0.335 e. The van der Waals surface area contributed by atoms with Gasteiger partial charge in [-0.3, -0.25) is 9.48 Å². The number of carbonyl (C=O) groups is 1. The van der Waals surface area contributed by atoms with E-state index in [0.29, 0.717) is 12.2 Å². The maximum Gasteiger partial charge on any atom is 0.273 e. The maximum absolute atomic E-state index is 12.8. The molecule has 1 fully saturated rings. The molecule has 0 N–H and O–H groups in total. The molecule has 0 spiro atoms. The quantitative estimate of drug-likeness (QED) is 0.708. The zero-order chi connectivity index (χ0) is 18.1. The van der Waals surface area contributed by atoms with Crippen molar-refractivity contribution in [2.24, 2.45) is 0 Å². The lowest BCUT2D eigenvalue weighted by Crippen LogP contribution is -2.29. The average Bonchev–Trinajstić information content (AvgIpc) is 3.35. The summed E-state index contributed by atoms with van der Waals surface area (Å²) in [7, 11) is 0. The van der Waals surface area contributed by atoms with Crippen molar-refractivity contribution in [2.75, 3.05) is 13.1 Å². The first-order chi connectivity index (χ1) is 12.6. The Morgan fingerprint density at radius 1 is 1.27 bits per heavy atom. The summed E-state index contributed by atoms with van der Waals surface area (Å²) in [6.07, 6.45) is 1.71. The Hall–Kier alpha value is -2.47. The van der Waals surface area contributed by atoms with Crippen molar-refractivity contribution < 1.29 is 4.79 Å². The van der Waals surface area contributed by atoms with Gasteiger partial charge in [-0.05, 0) is 31.9 Å². The highest BCUT2D eigenvalue weighted by atomic mass is 32.1. The average molecular weight is 366 g/mol. The molecule has 0 aliphatic carbocycles. The van der Waals surface area contributed by atoms with Crippen LogP contribution in [0, 0.1) is 13.8 Å². The molecule has 0 radical (unpaired) electrons. The highest BCUT2D eigenvalue weighted by Gasteiger charge is 2.30.